The lowest BCUT2D eigenvalue weighted by molar-refractivity contribution is 0.337. The molecular weight excluding hydrogens is 316 g/mol. The third-order valence-corrected chi connectivity index (χ3v) is 3.93. The van der Waals surface area contributed by atoms with Crippen molar-refractivity contribution in [2.45, 2.75) is 40.0 Å². The molecule has 0 amide bonds. The molecule has 2 N–H and O–H groups in total. The summed E-state index contributed by atoms with van der Waals surface area (Å²) in [6, 6.07) is 1.76. The summed E-state index contributed by atoms with van der Waals surface area (Å²) in [6.45, 7) is 6.26. The Bertz CT molecular complexity index is 650. The van der Waals surface area contributed by atoms with Gasteiger partial charge in [0.05, 0.1) is 20.8 Å². The summed E-state index contributed by atoms with van der Waals surface area (Å²) in [5.74, 6) is 0.754. The van der Waals surface area contributed by atoms with Crippen molar-refractivity contribution in [3.63, 3.8) is 0 Å². The predicted octanol–water partition coefficient (Wildman–Crippen LogP) is 4.65. The van der Waals surface area contributed by atoms with E-state index in [1.807, 2.05) is 6.08 Å². The molecule has 0 heterocycles. The molecule has 0 aliphatic heterocycles. The first-order chi connectivity index (χ1) is 11.9. The van der Waals surface area contributed by atoms with Gasteiger partial charge in [-0.05, 0) is 51.7 Å². The maximum atomic E-state index is 10.3. The number of rotatable bonds is 9. The van der Waals surface area contributed by atoms with Crippen LogP contribution in [0.3, 0.4) is 0 Å². The molecule has 1 rings (SSSR count). The Balaban J connectivity index is 3.16. The first-order valence-corrected chi connectivity index (χ1v) is 8.47. The van der Waals surface area contributed by atoms with Gasteiger partial charge in [0.15, 0.2) is 11.5 Å². The molecule has 4 heteroatoms. The highest BCUT2D eigenvalue weighted by atomic mass is 16.5. The molecular formula is C21H30O4. The van der Waals surface area contributed by atoms with Gasteiger partial charge in [0.2, 0.25) is 5.75 Å². The maximum Gasteiger partial charge on any atom is 0.201 e. The van der Waals surface area contributed by atoms with E-state index in [2.05, 4.69) is 32.9 Å². The van der Waals surface area contributed by atoms with Gasteiger partial charge in [-0.1, -0.05) is 35.5 Å². The second-order valence-corrected chi connectivity index (χ2v) is 6.19. The van der Waals surface area contributed by atoms with Crippen LogP contribution in [0.15, 0.2) is 35.4 Å². The maximum absolute atomic E-state index is 10.3. The highest BCUT2D eigenvalue weighted by Gasteiger charge is 2.17. The quantitative estimate of drug-likeness (QED) is 0.639. The summed E-state index contributed by atoms with van der Waals surface area (Å²) in [6.07, 6.45) is 10.5. The van der Waals surface area contributed by atoms with Crippen LogP contribution in [0, 0.1) is 0 Å². The number of benzene rings is 1. The molecule has 0 aromatic heterocycles. The molecule has 25 heavy (non-hydrogen) atoms. The van der Waals surface area contributed by atoms with Crippen molar-refractivity contribution >= 4 is 6.08 Å². The number of phenolic OH excluding ortho intramolecular Hbond substituents is 1. The molecule has 0 atom stereocenters. The van der Waals surface area contributed by atoms with E-state index in [4.69, 9.17) is 14.6 Å². The number of allylic oxidation sites excluding steroid dienone is 4. The van der Waals surface area contributed by atoms with Gasteiger partial charge >= 0.3 is 0 Å². The number of hydrogen-bond acceptors (Lipinski definition) is 4. The zero-order valence-corrected chi connectivity index (χ0v) is 15.9. The molecule has 0 saturated heterocycles. The van der Waals surface area contributed by atoms with Gasteiger partial charge in [-0.15, -0.1) is 0 Å². The molecule has 0 saturated carbocycles. The molecule has 0 bridgehead atoms. The van der Waals surface area contributed by atoms with Gasteiger partial charge in [0, 0.05) is 5.56 Å². The molecule has 0 spiro atoms. The largest absolute Gasteiger partial charge is 0.502 e. The van der Waals surface area contributed by atoms with E-state index in [9.17, 15) is 5.11 Å². The smallest absolute Gasteiger partial charge is 0.201 e. The minimum absolute atomic E-state index is 0.00302. The highest BCUT2D eigenvalue weighted by Crippen LogP contribution is 2.42. The van der Waals surface area contributed by atoms with Crippen molar-refractivity contribution in [1.82, 2.24) is 0 Å². The number of methoxy groups -OCH3 is 2. The van der Waals surface area contributed by atoms with Crippen LogP contribution in [-0.2, 0) is 6.42 Å². The number of ether oxygens (including phenoxy) is 2. The Hall–Kier alpha value is -2.20. The molecule has 0 radical (unpaired) electrons. The lowest BCUT2D eigenvalue weighted by Crippen LogP contribution is -1.98. The third kappa shape index (κ3) is 6.31. The minimum atomic E-state index is -0.0531. The van der Waals surface area contributed by atoms with E-state index >= 15 is 0 Å². The van der Waals surface area contributed by atoms with Crippen molar-refractivity contribution in [3.05, 3.63) is 46.6 Å². The van der Waals surface area contributed by atoms with E-state index < -0.39 is 0 Å². The predicted molar refractivity (Wildman–Crippen MR) is 103 cm³/mol. The fourth-order valence-corrected chi connectivity index (χ4v) is 2.56. The van der Waals surface area contributed by atoms with Gasteiger partial charge in [0.1, 0.15) is 0 Å². The zero-order valence-electron chi connectivity index (χ0n) is 15.9. The topological polar surface area (TPSA) is 58.9 Å². The molecule has 4 nitrogen and oxygen atoms in total. The first kappa shape index (κ1) is 20.8. The van der Waals surface area contributed by atoms with E-state index in [-0.39, 0.29) is 12.4 Å². The summed E-state index contributed by atoms with van der Waals surface area (Å²) in [7, 11) is 3.03. The number of aromatic hydroxyl groups is 1. The van der Waals surface area contributed by atoms with Crippen LogP contribution in [0.1, 0.15) is 44.7 Å². The molecule has 0 fully saturated rings. The molecule has 0 aliphatic carbocycles. The standard InChI is InChI=1S/C21H30O4/c1-15(2)8-6-9-16(3)11-12-18-17(10-7-13-22)14-19(24-4)20(23)21(18)25-5/h7-8,10-11,14,22-23H,6,9,12-13H2,1-5H3/b10-7+,16-11+. The van der Waals surface area contributed by atoms with E-state index in [0.717, 1.165) is 24.0 Å². The van der Waals surface area contributed by atoms with E-state index in [1.54, 1.807) is 12.1 Å². The lowest BCUT2D eigenvalue weighted by atomic mass is 9.99. The Labute approximate surface area is 151 Å². The number of aliphatic hydroxyl groups excluding tert-OH is 1. The molecule has 0 aliphatic rings. The summed E-state index contributed by atoms with van der Waals surface area (Å²) in [4.78, 5) is 0. The number of aliphatic hydroxyl groups is 1. The summed E-state index contributed by atoms with van der Waals surface area (Å²) < 4.78 is 10.6. The summed E-state index contributed by atoms with van der Waals surface area (Å²) in [5.41, 5.74) is 4.33. The second kappa shape index (κ2) is 10.6. The fourth-order valence-electron chi connectivity index (χ4n) is 2.56. The van der Waals surface area contributed by atoms with Crippen LogP contribution in [0.25, 0.3) is 6.08 Å². The summed E-state index contributed by atoms with van der Waals surface area (Å²) in [5, 5.41) is 19.4. The van der Waals surface area contributed by atoms with Crippen molar-refractivity contribution in [1.29, 1.82) is 0 Å². The van der Waals surface area contributed by atoms with Gasteiger partial charge in [-0.3, -0.25) is 0 Å². The zero-order chi connectivity index (χ0) is 18.8. The third-order valence-electron chi connectivity index (χ3n) is 3.93. The lowest BCUT2D eigenvalue weighted by Gasteiger charge is -2.16. The van der Waals surface area contributed by atoms with Crippen molar-refractivity contribution in [2.75, 3.05) is 20.8 Å². The monoisotopic (exact) mass is 346 g/mol. The van der Waals surface area contributed by atoms with Crippen LogP contribution >= 0.6 is 0 Å². The van der Waals surface area contributed by atoms with Crippen molar-refractivity contribution in [2.24, 2.45) is 0 Å². The first-order valence-electron chi connectivity index (χ1n) is 8.47. The van der Waals surface area contributed by atoms with Crippen molar-refractivity contribution in [3.8, 4) is 17.2 Å². The van der Waals surface area contributed by atoms with Gasteiger partial charge < -0.3 is 19.7 Å². The molecule has 138 valence electrons. The van der Waals surface area contributed by atoms with Crippen LogP contribution in [0.5, 0.6) is 17.2 Å². The van der Waals surface area contributed by atoms with Crippen molar-refractivity contribution < 1.29 is 19.7 Å². The average molecular weight is 346 g/mol. The Kier molecular flexibility index (Phi) is 8.86. The Morgan fingerprint density at radius 1 is 1.12 bits per heavy atom. The highest BCUT2D eigenvalue weighted by molar-refractivity contribution is 5.67. The summed E-state index contributed by atoms with van der Waals surface area (Å²) >= 11 is 0. The van der Waals surface area contributed by atoms with Crippen LogP contribution in [-0.4, -0.2) is 31.0 Å². The minimum Gasteiger partial charge on any atom is -0.502 e. The SMILES string of the molecule is COc1cc(/C=C/CO)c(C/C=C(\C)CCC=C(C)C)c(OC)c1O. The van der Waals surface area contributed by atoms with Gasteiger partial charge in [-0.25, -0.2) is 0 Å². The molecule has 1 aromatic carbocycles. The average Bonchev–Trinajstić information content (AvgIpc) is 2.58. The van der Waals surface area contributed by atoms with Crippen LogP contribution < -0.4 is 9.47 Å². The normalized spacial score (nSPS) is 11.7. The Morgan fingerprint density at radius 3 is 2.40 bits per heavy atom. The number of hydrogen-bond donors (Lipinski definition) is 2. The van der Waals surface area contributed by atoms with E-state index in [1.165, 1.54) is 25.4 Å². The van der Waals surface area contributed by atoms with Crippen LogP contribution in [0.2, 0.25) is 0 Å². The molecule has 1 aromatic rings. The van der Waals surface area contributed by atoms with Gasteiger partial charge in [-0.2, -0.15) is 0 Å². The van der Waals surface area contributed by atoms with E-state index in [0.29, 0.717) is 17.9 Å². The Morgan fingerprint density at radius 2 is 1.84 bits per heavy atom. The molecule has 0 unspecified atom stereocenters. The second-order valence-electron chi connectivity index (χ2n) is 6.19. The fraction of sp³-hybridized carbons (Fsp3) is 0.429. The van der Waals surface area contributed by atoms with Crippen LogP contribution in [0.4, 0.5) is 0 Å². The number of phenols is 1. The van der Waals surface area contributed by atoms with Gasteiger partial charge in [0.25, 0.3) is 0 Å².